The maximum atomic E-state index is 11.3. The Morgan fingerprint density at radius 1 is 0.490 bits per heavy atom. The lowest BCUT2D eigenvalue weighted by Crippen LogP contribution is -2.30. The molecule has 7 heteroatoms. The van der Waals surface area contributed by atoms with Crippen molar-refractivity contribution in [1.82, 2.24) is 4.90 Å². The van der Waals surface area contributed by atoms with Gasteiger partial charge in [-0.05, 0) is 83.5 Å². The molecule has 2 atom stereocenters. The van der Waals surface area contributed by atoms with Crippen LogP contribution in [0.1, 0.15) is 174 Å². The SMILES string of the molecule is CCCCC/C=C\C/C=C\CCCCCCCCO[C@@H]1CN(CCCOS(C)(=O)=O)C[C@H]1OCCCCCCCC/C=C\C/C=C\CCCCC. The van der Waals surface area contributed by atoms with E-state index in [9.17, 15) is 8.42 Å². The third kappa shape index (κ3) is 33.1. The maximum Gasteiger partial charge on any atom is 0.264 e. The van der Waals surface area contributed by atoms with Gasteiger partial charge in [-0.25, -0.2) is 0 Å². The molecule has 1 saturated heterocycles. The molecule has 0 aromatic carbocycles. The van der Waals surface area contributed by atoms with Gasteiger partial charge in [0.2, 0.25) is 0 Å². The monoisotopic (exact) mass is 736 g/mol. The first-order valence-electron chi connectivity index (χ1n) is 21.4. The summed E-state index contributed by atoms with van der Waals surface area (Å²) in [4.78, 5) is 2.34. The zero-order valence-corrected chi connectivity index (χ0v) is 34.4. The van der Waals surface area contributed by atoms with Crippen molar-refractivity contribution in [3.63, 3.8) is 0 Å². The molecule has 0 spiro atoms. The van der Waals surface area contributed by atoms with E-state index in [0.717, 1.165) is 64.8 Å². The quantitative estimate of drug-likeness (QED) is 0.0359. The van der Waals surface area contributed by atoms with Gasteiger partial charge in [-0.2, -0.15) is 8.42 Å². The summed E-state index contributed by atoms with van der Waals surface area (Å²) >= 11 is 0. The van der Waals surface area contributed by atoms with Crippen molar-refractivity contribution in [2.24, 2.45) is 0 Å². The van der Waals surface area contributed by atoms with E-state index in [2.05, 4.69) is 67.4 Å². The Balaban J connectivity index is 2.17. The Morgan fingerprint density at radius 2 is 0.863 bits per heavy atom. The third-order valence-electron chi connectivity index (χ3n) is 9.56. The second-order valence-electron chi connectivity index (χ2n) is 14.6. The van der Waals surface area contributed by atoms with Crippen molar-refractivity contribution >= 4 is 10.1 Å². The van der Waals surface area contributed by atoms with Crippen LogP contribution >= 0.6 is 0 Å². The van der Waals surface area contributed by atoms with Gasteiger partial charge in [0.15, 0.2) is 0 Å². The third-order valence-corrected chi connectivity index (χ3v) is 10.2. The predicted molar refractivity (Wildman–Crippen MR) is 220 cm³/mol. The van der Waals surface area contributed by atoms with Crippen LogP contribution in [0.15, 0.2) is 48.6 Å². The minimum absolute atomic E-state index is 0.0865. The first-order chi connectivity index (χ1) is 25.0. The summed E-state index contributed by atoms with van der Waals surface area (Å²) < 4.78 is 40.4. The zero-order chi connectivity index (χ0) is 36.9. The summed E-state index contributed by atoms with van der Waals surface area (Å²) in [7, 11) is -3.39. The zero-order valence-electron chi connectivity index (χ0n) is 33.6. The van der Waals surface area contributed by atoms with Crippen molar-refractivity contribution in [2.45, 2.75) is 187 Å². The Hall–Kier alpha value is -1.25. The maximum absolute atomic E-state index is 11.3. The van der Waals surface area contributed by atoms with E-state index in [1.807, 2.05) is 0 Å². The number of unbranched alkanes of at least 4 members (excludes halogenated alkanes) is 18. The summed E-state index contributed by atoms with van der Waals surface area (Å²) in [6.45, 7) is 8.79. The van der Waals surface area contributed by atoms with E-state index in [1.54, 1.807) is 0 Å². The van der Waals surface area contributed by atoms with Crippen molar-refractivity contribution in [3.05, 3.63) is 48.6 Å². The van der Waals surface area contributed by atoms with Crippen molar-refractivity contribution in [2.75, 3.05) is 45.7 Å². The summed E-state index contributed by atoms with van der Waals surface area (Å²) in [5, 5.41) is 0. The highest BCUT2D eigenvalue weighted by Gasteiger charge is 2.33. The minimum Gasteiger partial charge on any atom is -0.374 e. The molecule has 298 valence electrons. The number of ether oxygens (including phenoxy) is 2. The van der Waals surface area contributed by atoms with Gasteiger partial charge in [0, 0.05) is 32.8 Å². The summed E-state index contributed by atoms with van der Waals surface area (Å²) in [5.74, 6) is 0. The molecule has 1 fully saturated rings. The fourth-order valence-electron chi connectivity index (χ4n) is 6.47. The molecule has 1 aliphatic rings. The molecule has 51 heavy (non-hydrogen) atoms. The molecular formula is C44H81NO5S. The Morgan fingerprint density at radius 3 is 1.25 bits per heavy atom. The van der Waals surface area contributed by atoms with Crippen LogP contribution in [0, 0.1) is 0 Å². The highest BCUT2D eigenvalue weighted by molar-refractivity contribution is 7.85. The molecular weight excluding hydrogens is 655 g/mol. The predicted octanol–water partition coefficient (Wildman–Crippen LogP) is 12.1. The lowest BCUT2D eigenvalue weighted by atomic mass is 10.1. The first kappa shape index (κ1) is 47.8. The van der Waals surface area contributed by atoms with Crippen LogP contribution in [0.4, 0.5) is 0 Å². The van der Waals surface area contributed by atoms with Gasteiger partial charge in [-0.3, -0.25) is 9.08 Å². The fraction of sp³-hybridized carbons (Fsp3) is 0.818. The molecule has 1 rings (SSSR count). The molecule has 1 aliphatic heterocycles. The van der Waals surface area contributed by atoms with E-state index in [4.69, 9.17) is 13.7 Å². The molecule has 0 aromatic rings. The smallest absolute Gasteiger partial charge is 0.264 e. The highest BCUT2D eigenvalue weighted by atomic mass is 32.2. The van der Waals surface area contributed by atoms with Crippen LogP contribution < -0.4 is 0 Å². The van der Waals surface area contributed by atoms with Gasteiger partial charge < -0.3 is 9.47 Å². The van der Waals surface area contributed by atoms with E-state index >= 15 is 0 Å². The average Bonchev–Trinajstić information content (AvgIpc) is 3.50. The Kier molecular flexibility index (Phi) is 33.5. The van der Waals surface area contributed by atoms with Gasteiger partial charge in [-0.15, -0.1) is 0 Å². The number of rotatable bonds is 37. The second kappa shape index (κ2) is 35.8. The molecule has 0 unspecified atom stereocenters. The number of nitrogens with zero attached hydrogens (tertiary/aromatic N) is 1. The molecule has 0 aromatic heterocycles. The van der Waals surface area contributed by atoms with E-state index in [1.165, 1.54) is 128 Å². The van der Waals surface area contributed by atoms with Gasteiger partial charge in [0.05, 0.1) is 25.1 Å². The number of likely N-dealkylation sites (tertiary alicyclic amines) is 1. The van der Waals surface area contributed by atoms with Gasteiger partial charge in [-0.1, -0.05) is 140 Å². The molecule has 0 radical (unpaired) electrons. The van der Waals surface area contributed by atoms with Crippen LogP contribution in [0.25, 0.3) is 0 Å². The molecule has 0 N–H and O–H groups in total. The van der Waals surface area contributed by atoms with E-state index < -0.39 is 10.1 Å². The summed E-state index contributed by atoms with van der Waals surface area (Å²) in [6.07, 6.45) is 50.5. The first-order valence-corrected chi connectivity index (χ1v) is 23.2. The van der Waals surface area contributed by atoms with E-state index in [0.29, 0.717) is 6.42 Å². The molecule has 0 aliphatic carbocycles. The van der Waals surface area contributed by atoms with Crippen molar-refractivity contribution in [1.29, 1.82) is 0 Å². The van der Waals surface area contributed by atoms with Gasteiger partial charge in [0.25, 0.3) is 10.1 Å². The van der Waals surface area contributed by atoms with Crippen LogP contribution in [0.2, 0.25) is 0 Å². The van der Waals surface area contributed by atoms with Gasteiger partial charge >= 0.3 is 0 Å². The molecule has 6 nitrogen and oxygen atoms in total. The Bertz CT molecular complexity index is 918. The molecule has 0 bridgehead atoms. The largest absolute Gasteiger partial charge is 0.374 e. The average molecular weight is 736 g/mol. The van der Waals surface area contributed by atoms with Crippen molar-refractivity contribution in [3.8, 4) is 0 Å². The number of allylic oxidation sites excluding steroid dienone is 8. The standard InChI is InChI=1S/C44H81NO5S/c1-4-6-8-10-12-14-16-18-20-22-24-26-28-30-32-34-38-48-43-41-45(37-36-40-50-51(3,46)47)42-44(43)49-39-35-33-31-29-27-25-23-21-19-17-15-13-11-9-7-5-2/h12-15,18-21,43-44H,4-11,16-17,22-42H2,1-3H3/b14-12-,15-13-,20-18-,21-19-/t43-,44-/m1/s1. The molecule has 1 heterocycles. The van der Waals surface area contributed by atoms with Gasteiger partial charge in [0.1, 0.15) is 0 Å². The van der Waals surface area contributed by atoms with E-state index in [-0.39, 0.29) is 18.8 Å². The topological polar surface area (TPSA) is 65.1 Å². The summed E-state index contributed by atoms with van der Waals surface area (Å²) in [6, 6.07) is 0. The minimum atomic E-state index is -3.39. The van der Waals surface area contributed by atoms with Crippen molar-refractivity contribution < 1.29 is 22.1 Å². The fourth-order valence-corrected chi connectivity index (χ4v) is 6.89. The normalized spacial score (nSPS) is 17.5. The molecule has 0 saturated carbocycles. The number of hydrogen-bond acceptors (Lipinski definition) is 6. The van der Waals surface area contributed by atoms with Crippen LogP contribution in [-0.2, 0) is 23.8 Å². The van der Waals surface area contributed by atoms with Crippen LogP contribution in [0.3, 0.4) is 0 Å². The second-order valence-corrected chi connectivity index (χ2v) is 16.3. The summed E-state index contributed by atoms with van der Waals surface area (Å²) in [5.41, 5.74) is 0. The van der Waals surface area contributed by atoms with Crippen LogP contribution in [0.5, 0.6) is 0 Å². The van der Waals surface area contributed by atoms with Crippen LogP contribution in [-0.4, -0.2) is 71.2 Å². The lowest BCUT2D eigenvalue weighted by molar-refractivity contribution is -0.0481. The lowest BCUT2D eigenvalue weighted by Gasteiger charge is -2.20. The molecule has 0 amide bonds. The highest BCUT2D eigenvalue weighted by Crippen LogP contribution is 2.19. The number of hydrogen-bond donors (Lipinski definition) is 0. The Labute approximate surface area is 317 Å².